The van der Waals surface area contributed by atoms with Crippen LogP contribution in [0, 0.1) is 6.92 Å². The molecule has 0 unspecified atom stereocenters. The minimum atomic E-state index is -4.70. The molecule has 0 aliphatic carbocycles. The van der Waals surface area contributed by atoms with E-state index >= 15 is 0 Å². The topological polar surface area (TPSA) is 56.9 Å². The van der Waals surface area contributed by atoms with Gasteiger partial charge in [0.05, 0.1) is 12.2 Å². The van der Waals surface area contributed by atoms with Crippen molar-refractivity contribution in [2.24, 2.45) is 0 Å². The Morgan fingerprint density at radius 3 is 2.39 bits per heavy atom. The zero-order valence-corrected chi connectivity index (χ0v) is 13.4. The van der Waals surface area contributed by atoms with E-state index in [1.165, 1.54) is 11.8 Å². The molecular weight excluding hydrogens is 313 g/mol. The Hall–Kier alpha value is -1.54. The number of rotatable bonds is 3. The van der Waals surface area contributed by atoms with Gasteiger partial charge in [0.25, 0.3) is 5.91 Å². The number of amides is 1. The van der Waals surface area contributed by atoms with Crippen LogP contribution in [0.1, 0.15) is 35.7 Å². The first-order chi connectivity index (χ1) is 10.6. The molecule has 2 rings (SSSR count). The first kappa shape index (κ1) is 17.8. The van der Waals surface area contributed by atoms with Crippen LogP contribution in [0.15, 0.2) is 10.5 Å². The highest BCUT2D eigenvalue weighted by atomic mass is 19.4. The third kappa shape index (κ3) is 3.69. The molecule has 1 aromatic heterocycles. The van der Waals surface area contributed by atoms with Crippen LogP contribution < -0.4 is 0 Å². The van der Waals surface area contributed by atoms with Crippen molar-refractivity contribution in [3.8, 4) is 0 Å². The maximum absolute atomic E-state index is 13.0. The summed E-state index contributed by atoms with van der Waals surface area (Å²) >= 11 is 0. The van der Waals surface area contributed by atoms with Gasteiger partial charge in [0, 0.05) is 31.7 Å². The minimum absolute atomic E-state index is 0.00176. The lowest BCUT2D eigenvalue weighted by Crippen LogP contribution is -2.58. The molecule has 1 aliphatic rings. The quantitative estimate of drug-likeness (QED) is 0.920. The van der Waals surface area contributed by atoms with E-state index < -0.39 is 23.4 Å². The standard InChI is InChI=1S/C15H21F3N2O3/c1-9-7-19(8-10(2)20(9)4-5-21)14(22)12-6-11(3)23-13(12)15(16,17)18/h6,9-10,21H,4-5,7-8H2,1-3H3/t9-,10+. The summed E-state index contributed by atoms with van der Waals surface area (Å²) < 4.78 is 43.7. The maximum atomic E-state index is 13.0. The van der Waals surface area contributed by atoms with E-state index in [1.807, 2.05) is 18.7 Å². The number of halogens is 3. The molecule has 0 aromatic carbocycles. The second-order valence-electron chi connectivity index (χ2n) is 5.97. The molecule has 1 N–H and O–H groups in total. The van der Waals surface area contributed by atoms with Gasteiger partial charge in [-0.25, -0.2) is 0 Å². The van der Waals surface area contributed by atoms with Crippen molar-refractivity contribution in [3.63, 3.8) is 0 Å². The van der Waals surface area contributed by atoms with Gasteiger partial charge in [-0.05, 0) is 26.8 Å². The maximum Gasteiger partial charge on any atom is 0.450 e. The fourth-order valence-corrected chi connectivity index (χ4v) is 3.13. The molecular formula is C15H21F3N2O3. The van der Waals surface area contributed by atoms with E-state index in [9.17, 15) is 18.0 Å². The SMILES string of the molecule is Cc1cc(C(=O)N2C[C@@H](C)N(CCO)[C@@H](C)C2)c(C(F)(F)F)o1. The number of aliphatic hydroxyl groups is 1. The van der Waals surface area contributed by atoms with Gasteiger partial charge >= 0.3 is 6.18 Å². The molecule has 1 aliphatic heterocycles. The van der Waals surface area contributed by atoms with Crippen LogP contribution in [0.3, 0.4) is 0 Å². The molecule has 0 bridgehead atoms. The zero-order valence-electron chi connectivity index (χ0n) is 13.4. The van der Waals surface area contributed by atoms with Crippen LogP contribution in [-0.4, -0.2) is 59.1 Å². The van der Waals surface area contributed by atoms with Crippen molar-refractivity contribution in [2.75, 3.05) is 26.2 Å². The average Bonchev–Trinajstić information content (AvgIpc) is 2.84. The highest BCUT2D eigenvalue weighted by molar-refractivity contribution is 5.95. The normalized spacial score (nSPS) is 23.3. The van der Waals surface area contributed by atoms with Crippen LogP contribution in [0.25, 0.3) is 0 Å². The van der Waals surface area contributed by atoms with Crippen molar-refractivity contribution >= 4 is 5.91 Å². The molecule has 1 fully saturated rings. The van der Waals surface area contributed by atoms with Gasteiger partial charge in [-0.1, -0.05) is 0 Å². The Bertz CT molecular complexity index is 559. The number of piperazine rings is 1. The highest BCUT2D eigenvalue weighted by Crippen LogP contribution is 2.35. The molecule has 0 radical (unpaired) electrons. The second-order valence-corrected chi connectivity index (χ2v) is 5.97. The van der Waals surface area contributed by atoms with E-state index in [4.69, 9.17) is 5.11 Å². The molecule has 2 heterocycles. The summed E-state index contributed by atoms with van der Waals surface area (Å²) in [6.07, 6.45) is -4.70. The first-order valence-corrected chi connectivity index (χ1v) is 7.48. The predicted octanol–water partition coefficient (Wildman–Crippen LogP) is 2.13. The van der Waals surface area contributed by atoms with E-state index in [2.05, 4.69) is 4.42 Å². The van der Waals surface area contributed by atoms with Crippen molar-refractivity contribution in [1.82, 2.24) is 9.80 Å². The molecule has 1 aromatic rings. The lowest BCUT2D eigenvalue weighted by Gasteiger charge is -2.44. The summed E-state index contributed by atoms with van der Waals surface area (Å²) in [5.41, 5.74) is -0.440. The Morgan fingerprint density at radius 1 is 1.35 bits per heavy atom. The lowest BCUT2D eigenvalue weighted by molar-refractivity contribution is -0.153. The van der Waals surface area contributed by atoms with Gasteiger partial charge in [-0.2, -0.15) is 13.2 Å². The summed E-state index contributed by atoms with van der Waals surface area (Å²) in [6, 6.07) is 1.05. The Labute approximate surface area is 132 Å². The molecule has 23 heavy (non-hydrogen) atoms. The molecule has 5 nitrogen and oxygen atoms in total. The lowest BCUT2D eigenvalue weighted by atomic mass is 10.1. The van der Waals surface area contributed by atoms with Crippen molar-refractivity contribution in [1.29, 1.82) is 0 Å². The molecule has 2 atom stereocenters. The molecule has 0 spiro atoms. The molecule has 8 heteroatoms. The number of β-amino-alcohol motifs (C(OH)–C–C–N with tert-alkyl or cyclic N) is 1. The van der Waals surface area contributed by atoms with Gasteiger partial charge < -0.3 is 14.4 Å². The number of aliphatic hydroxyl groups excluding tert-OH is 1. The van der Waals surface area contributed by atoms with Crippen LogP contribution >= 0.6 is 0 Å². The molecule has 0 saturated carbocycles. The van der Waals surface area contributed by atoms with E-state index in [0.717, 1.165) is 6.07 Å². The Balaban J connectivity index is 2.22. The molecule has 1 amide bonds. The van der Waals surface area contributed by atoms with E-state index in [-0.39, 0.29) is 24.5 Å². The zero-order chi connectivity index (χ0) is 17.4. The fraction of sp³-hybridized carbons (Fsp3) is 0.667. The summed E-state index contributed by atoms with van der Waals surface area (Å²) in [5.74, 6) is -1.85. The summed E-state index contributed by atoms with van der Waals surface area (Å²) in [4.78, 5) is 16.0. The fourth-order valence-electron chi connectivity index (χ4n) is 3.13. The van der Waals surface area contributed by atoms with Crippen LogP contribution in [0.2, 0.25) is 0 Å². The predicted molar refractivity (Wildman–Crippen MR) is 77.1 cm³/mol. The summed E-state index contributed by atoms with van der Waals surface area (Å²) in [6.45, 7) is 6.25. The number of carbonyl (C=O) groups excluding carboxylic acids is 1. The van der Waals surface area contributed by atoms with E-state index in [1.54, 1.807) is 0 Å². The number of aryl methyl sites for hydroxylation is 1. The van der Waals surface area contributed by atoms with Gasteiger partial charge in [0.2, 0.25) is 5.76 Å². The van der Waals surface area contributed by atoms with Crippen LogP contribution in [0.4, 0.5) is 13.2 Å². The summed E-state index contributed by atoms with van der Waals surface area (Å²) in [5, 5.41) is 9.08. The monoisotopic (exact) mass is 334 g/mol. The molecule has 130 valence electrons. The number of carbonyl (C=O) groups is 1. The van der Waals surface area contributed by atoms with Gasteiger partial charge in [-0.3, -0.25) is 9.69 Å². The van der Waals surface area contributed by atoms with Crippen molar-refractivity contribution in [3.05, 3.63) is 23.2 Å². The van der Waals surface area contributed by atoms with Gasteiger partial charge in [0.15, 0.2) is 0 Å². The van der Waals surface area contributed by atoms with Gasteiger partial charge in [0.1, 0.15) is 5.76 Å². The number of hydrogen-bond donors (Lipinski definition) is 1. The van der Waals surface area contributed by atoms with Gasteiger partial charge in [-0.15, -0.1) is 0 Å². The highest BCUT2D eigenvalue weighted by Gasteiger charge is 2.42. The number of nitrogens with zero attached hydrogens (tertiary/aromatic N) is 2. The Kier molecular flexibility index (Phi) is 5.05. The van der Waals surface area contributed by atoms with E-state index in [0.29, 0.717) is 19.6 Å². The van der Waals surface area contributed by atoms with Crippen molar-refractivity contribution in [2.45, 2.75) is 39.0 Å². The Morgan fingerprint density at radius 2 is 1.91 bits per heavy atom. The average molecular weight is 334 g/mol. The van der Waals surface area contributed by atoms with Crippen LogP contribution in [0.5, 0.6) is 0 Å². The smallest absolute Gasteiger partial charge is 0.450 e. The number of furan rings is 1. The number of alkyl halides is 3. The van der Waals surface area contributed by atoms with Crippen LogP contribution in [-0.2, 0) is 6.18 Å². The summed E-state index contributed by atoms with van der Waals surface area (Å²) in [7, 11) is 0. The first-order valence-electron chi connectivity index (χ1n) is 7.48. The third-order valence-electron chi connectivity index (χ3n) is 4.09. The largest absolute Gasteiger partial charge is 0.456 e. The second kappa shape index (κ2) is 6.52. The molecule has 1 saturated heterocycles. The third-order valence-corrected chi connectivity index (χ3v) is 4.09. The minimum Gasteiger partial charge on any atom is -0.456 e. The number of hydrogen-bond acceptors (Lipinski definition) is 4. The van der Waals surface area contributed by atoms with Crippen molar-refractivity contribution < 1.29 is 27.5 Å².